The lowest BCUT2D eigenvalue weighted by atomic mass is 9.57. The summed E-state index contributed by atoms with van der Waals surface area (Å²) in [6.07, 6.45) is 11.7. The summed E-state index contributed by atoms with van der Waals surface area (Å²) in [6.45, 7) is 4.61. The zero-order chi connectivity index (χ0) is 10.0. The Balaban J connectivity index is 1.87. The number of hydrogen-bond donors (Lipinski definition) is 1. The molecule has 2 atom stereocenters. The van der Waals surface area contributed by atoms with Crippen LogP contribution in [-0.4, -0.2) is 12.1 Å². The molecule has 82 valence electrons. The van der Waals surface area contributed by atoms with E-state index in [1.807, 2.05) is 0 Å². The van der Waals surface area contributed by atoms with Crippen LogP contribution in [0.2, 0.25) is 0 Å². The van der Waals surface area contributed by atoms with Gasteiger partial charge in [0.05, 0.1) is 0 Å². The van der Waals surface area contributed by atoms with Crippen molar-refractivity contribution in [2.45, 2.75) is 77.3 Å². The van der Waals surface area contributed by atoms with Crippen molar-refractivity contribution < 1.29 is 0 Å². The van der Waals surface area contributed by atoms with Gasteiger partial charge >= 0.3 is 0 Å². The molecule has 2 rings (SSSR count). The molecule has 0 radical (unpaired) electrons. The van der Waals surface area contributed by atoms with Crippen LogP contribution in [0, 0.1) is 5.41 Å². The van der Waals surface area contributed by atoms with Gasteiger partial charge in [-0.2, -0.15) is 0 Å². The van der Waals surface area contributed by atoms with Crippen molar-refractivity contribution in [1.82, 2.24) is 5.32 Å². The van der Waals surface area contributed by atoms with Crippen LogP contribution in [0.1, 0.15) is 65.2 Å². The zero-order valence-corrected chi connectivity index (χ0v) is 9.81. The number of nitrogens with one attached hydrogen (secondary N) is 1. The highest BCUT2D eigenvalue weighted by atomic mass is 15.0. The summed E-state index contributed by atoms with van der Waals surface area (Å²) >= 11 is 0. The van der Waals surface area contributed by atoms with E-state index in [1.165, 1.54) is 51.4 Å². The second-order valence-corrected chi connectivity index (χ2v) is 5.49. The molecule has 2 aliphatic rings. The van der Waals surface area contributed by atoms with E-state index >= 15 is 0 Å². The van der Waals surface area contributed by atoms with Crippen molar-refractivity contribution in [1.29, 1.82) is 0 Å². The quantitative estimate of drug-likeness (QED) is 0.727. The largest absolute Gasteiger partial charge is 0.311 e. The molecule has 2 fully saturated rings. The van der Waals surface area contributed by atoms with E-state index < -0.39 is 0 Å². The summed E-state index contributed by atoms with van der Waals surface area (Å²) < 4.78 is 0. The highest BCUT2D eigenvalue weighted by Gasteiger charge is 2.46. The van der Waals surface area contributed by atoms with Crippen LogP contribution in [0.15, 0.2) is 0 Å². The lowest BCUT2D eigenvalue weighted by Crippen LogP contribution is -2.56. The maximum Gasteiger partial charge on any atom is 0.0126 e. The molecule has 1 spiro atoms. The predicted octanol–water partition coefficient (Wildman–Crippen LogP) is 3.49. The molecule has 2 unspecified atom stereocenters. The van der Waals surface area contributed by atoms with Crippen LogP contribution < -0.4 is 5.32 Å². The highest BCUT2D eigenvalue weighted by molar-refractivity contribution is 5.02. The third-order valence-corrected chi connectivity index (χ3v) is 4.62. The molecule has 0 bridgehead atoms. The topological polar surface area (TPSA) is 12.0 Å². The Morgan fingerprint density at radius 3 is 2.43 bits per heavy atom. The molecule has 1 heteroatoms. The SMILES string of the molecule is CCC(C)NC1CCC12CCCCC2. The van der Waals surface area contributed by atoms with Crippen molar-refractivity contribution in [3.8, 4) is 0 Å². The Morgan fingerprint density at radius 2 is 1.93 bits per heavy atom. The average Bonchev–Trinajstić information content (AvgIpc) is 2.25. The summed E-state index contributed by atoms with van der Waals surface area (Å²) in [7, 11) is 0. The van der Waals surface area contributed by atoms with Gasteiger partial charge in [0.1, 0.15) is 0 Å². The van der Waals surface area contributed by atoms with Crippen molar-refractivity contribution in [3.05, 3.63) is 0 Å². The summed E-state index contributed by atoms with van der Waals surface area (Å²) in [4.78, 5) is 0. The molecule has 0 aromatic carbocycles. The molecule has 14 heavy (non-hydrogen) atoms. The van der Waals surface area contributed by atoms with Gasteiger partial charge in [-0.15, -0.1) is 0 Å². The first-order chi connectivity index (χ1) is 6.77. The minimum atomic E-state index is 0.721. The Morgan fingerprint density at radius 1 is 1.21 bits per heavy atom. The van der Waals surface area contributed by atoms with Crippen LogP contribution in [0.5, 0.6) is 0 Å². The summed E-state index contributed by atoms with van der Waals surface area (Å²) in [5, 5.41) is 3.83. The molecule has 0 amide bonds. The molecule has 2 aliphatic carbocycles. The molecule has 0 saturated heterocycles. The zero-order valence-electron chi connectivity index (χ0n) is 9.81. The monoisotopic (exact) mass is 195 g/mol. The van der Waals surface area contributed by atoms with Gasteiger partial charge in [0.2, 0.25) is 0 Å². The molecule has 0 aromatic heterocycles. The number of hydrogen-bond acceptors (Lipinski definition) is 1. The van der Waals surface area contributed by atoms with Crippen molar-refractivity contribution in [3.63, 3.8) is 0 Å². The first kappa shape index (κ1) is 10.5. The maximum absolute atomic E-state index is 3.83. The molecule has 1 nitrogen and oxygen atoms in total. The standard InChI is InChI=1S/C13H25N/c1-3-11(2)14-12-7-10-13(12)8-5-4-6-9-13/h11-12,14H,3-10H2,1-2H3. The molecule has 0 heterocycles. The van der Waals surface area contributed by atoms with Gasteiger partial charge < -0.3 is 5.32 Å². The summed E-state index contributed by atoms with van der Waals surface area (Å²) in [6, 6.07) is 1.58. The van der Waals surface area contributed by atoms with Gasteiger partial charge in [0, 0.05) is 12.1 Å². The second kappa shape index (κ2) is 4.22. The summed E-state index contributed by atoms with van der Waals surface area (Å²) in [5.41, 5.74) is 0.738. The average molecular weight is 195 g/mol. The van der Waals surface area contributed by atoms with Gasteiger partial charge in [-0.25, -0.2) is 0 Å². The van der Waals surface area contributed by atoms with Gasteiger partial charge in [-0.1, -0.05) is 26.2 Å². The van der Waals surface area contributed by atoms with Gasteiger partial charge in [-0.3, -0.25) is 0 Å². The summed E-state index contributed by atoms with van der Waals surface area (Å²) in [5.74, 6) is 0. The van der Waals surface area contributed by atoms with Gasteiger partial charge in [-0.05, 0) is 44.4 Å². The van der Waals surface area contributed by atoms with Crippen LogP contribution >= 0.6 is 0 Å². The number of rotatable bonds is 3. The Bertz CT molecular complexity index is 182. The first-order valence-electron chi connectivity index (χ1n) is 6.53. The van der Waals surface area contributed by atoms with E-state index in [1.54, 1.807) is 0 Å². The fourth-order valence-electron chi connectivity index (χ4n) is 3.27. The van der Waals surface area contributed by atoms with E-state index in [4.69, 9.17) is 0 Å². The molecular formula is C13H25N. The van der Waals surface area contributed by atoms with Crippen LogP contribution in [0.3, 0.4) is 0 Å². The first-order valence-corrected chi connectivity index (χ1v) is 6.53. The smallest absolute Gasteiger partial charge is 0.0126 e. The minimum absolute atomic E-state index is 0.721. The van der Waals surface area contributed by atoms with E-state index in [2.05, 4.69) is 19.2 Å². The highest BCUT2D eigenvalue weighted by Crippen LogP contribution is 2.51. The minimum Gasteiger partial charge on any atom is -0.311 e. The molecule has 0 aliphatic heterocycles. The Labute approximate surface area is 88.7 Å². The molecule has 0 aromatic rings. The van der Waals surface area contributed by atoms with E-state index in [0.29, 0.717) is 0 Å². The Kier molecular flexibility index (Phi) is 3.16. The fourth-order valence-corrected chi connectivity index (χ4v) is 3.27. The third-order valence-electron chi connectivity index (χ3n) is 4.62. The van der Waals surface area contributed by atoms with Crippen molar-refractivity contribution in [2.75, 3.05) is 0 Å². The Hall–Kier alpha value is -0.0400. The predicted molar refractivity (Wildman–Crippen MR) is 61.4 cm³/mol. The maximum atomic E-state index is 3.83. The molecule has 2 saturated carbocycles. The van der Waals surface area contributed by atoms with E-state index in [-0.39, 0.29) is 0 Å². The second-order valence-electron chi connectivity index (χ2n) is 5.49. The van der Waals surface area contributed by atoms with Crippen molar-refractivity contribution >= 4 is 0 Å². The van der Waals surface area contributed by atoms with Crippen LogP contribution in [0.4, 0.5) is 0 Å². The van der Waals surface area contributed by atoms with E-state index in [0.717, 1.165) is 17.5 Å². The van der Waals surface area contributed by atoms with E-state index in [9.17, 15) is 0 Å². The van der Waals surface area contributed by atoms with Crippen LogP contribution in [-0.2, 0) is 0 Å². The molecule has 1 N–H and O–H groups in total. The van der Waals surface area contributed by atoms with Gasteiger partial charge in [0.25, 0.3) is 0 Å². The normalized spacial score (nSPS) is 32.6. The van der Waals surface area contributed by atoms with Crippen molar-refractivity contribution in [2.24, 2.45) is 5.41 Å². The van der Waals surface area contributed by atoms with Gasteiger partial charge in [0.15, 0.2) is 0 Å². The molecular weight excluding hydrogens is 170 g/mol. The third kappa shape index (κ3) is 1.84. The van der Waals surface area contributed by atoms with Crippen LogP contribution in [0.25, 0.3) is 0 Å². The lowest BCUT2D eigenvalue weighted by Gasteiger charge is -2.53. The lowest BCUT2D eigenvalue weighted by molar-refractivity contribution is 0.0174. The fraction of sp³-hybridized carbons (Fsp3) is 1.00.